The third-order valence-corrected chi connectivity index (χ3v) is 7.73. The lowest BCUT2D eigenvalue weighted by molar-refractivity contribution is 0.477. The third-order valence-electron chi connectivity index (χ3n) is 5.03. The lowest BCUT2D eigenvalue weighted by Gasteiger charge is -2.16. The average molecular weight is 411 g/mol. The van der Waals surface area contributed by atoms with Crippen LogP contribution in [0.1, 0.15) is 12.8 Å². The zero-order chi connectivity index (χ0) is 19.1. The highest BCUT2D eigenvalue weighted by Crippen LogP contribution is 2.30. The Hall–Kier alpha value is -2.55. The molecule has 2 aromatic heterocycles. The molecule has 1 saturated heterocycles. The van der Waals surface area contributed by atoms with Crippen LogP contribution in [0.5, 0.6) is 0 Å². The van der Waals surface area contributed by atoms with E-state index in [1.807, 2.05) is 29.8 Å². The summed E-state index contributed by atoms with van der Waals surface area (Å²) in [6.45, 7) is 1.18. The van der Waals surface area contributed by atoms with Gasteiger partial charge in [-0.3, -0.25) is 4.98 Å². The number of pyridine rings is 1. The molecular weight excluding hydrogens is 392 g/mol. The molecule has 0 atom stereocenters. The van der Waals surface area contributed by atoms with E-state index >= 15 is 0 Å². The summed E-state index contributed by atoms with van der Waals surface area (Å²) in [4.78, 5) is 9.05. The van der Waals surface area contributed by atoms with Gasteiger partial charge in [-0.2, -0.15) is 4.31 Å². The highest BCUT2D eigenvalue weighted by Gasteiger charge is 2.27. The van der Waals surface area contributed by atoms with Gasteiger partial charge in [0.2, 0.25) is 10.0 Å². The summed E-state index contributed by atoms with van der Waals surface area (Å²) >= 11 is 1.60. The number of aromatic nitrogens is 2. The zero-order valence-corrected chi connectivity index (χ0v) is 16.6. The fraction of sp³-hybridized carbons (Fsp3) is 0.200. The maximum Gasteiger partial charge on any atom is 0.243 e. The topological polar surface area (TPSA) is 75.2 Å². The fourth-order valence-electron chi connectivity index (χ4n) is 3.56. The van der Waals surface area contributed by atoms with E-state index in [0.29, 0.717) is 18.0 Å². The predicted molar refractivity (Wildman–Crippen MR) is 113 cm³/mol. The van der Waals surface area contributed by atoms with E-state index in [1.54, 1.807) is 40.0 Å². The van der Waals surface area contributed by atoms with E-state index in [-0.39, 0.29) is 0 Å². The average Bonchev–Trinajstić information content (AvgIpc) is 3.40. The van der Waals surface area contributed by atoms with Crippen molar-refractivity contribution >= 4 is 53.9 Å². The van der Waals surface area contributed by atoms with Crippen molar-refractivity contribution in [2.45, 2.75) is 17.7 Å². The lowest BCUT2D eigenvalue weighted by Crippen LogP contribution is -2.27. The van der Waals surface area contributed by atoms with Gasteiger partial charge in [0, 0.05) is 36.0 Å². The number of rotatable bonds is 4. The molecule has 0 unspecified atom stereocenters. The maximum atomic E-state index is 12.9. The third kappa shape index (κ3) is 3.03. The van der Waals surface area contributed by atoms with Gasteiger partial charge in [0.25, 0.3) is 0 Å². The normalized spacial score (nSPS) is 15.4. The Morgan fingerprint density at radius 1 is 0.964 bits per heavy atom. The monoisotopic (exact) mass is 410 g/mol. The molecule has 1 aliphatic rings. The first-order valence-electron chi connectivity index (χ1n) is 9.10. The molecule has 5 rings (SSSR count). The number of sulfonamides is 1. The number of fused-ring (bicyclic) bond motifs is 2. The minimum Gasteiger partial charge on any atom is -0.355 e. The smallest absolute Gasteiger partial charge is 0.243 e. The second-order valence-corrected chi connectivity index (χ2v) is 9.63. The van der Waals surface area contributed by atoms with Gasteiger partial charge in [-0.1, -0.05) is 0 Å². The predicted octanol–water partition coefficient (Wildman–Crippen LogP) is 4.37. The zero-order valence-electron chi connectivity index (χ0n) is 15.0. The molecule has 0 saturated carbocycles. The second-order valence-electron chi connectivity index (χ2n) is 6.81. The van der Waals surface area contributed by atoms with E-state index in [4.69, 9.17) is 0 Å². The van der Waals surface area contributed by atoms with Crippen molar-refractivity contribution < 1.29 is 8.42 Å². The van der Waals surface area contributed by atoms with Crippen LogP contribution in [0.15, 0.2) is 59.1 Å². The number of anilines is 2. The Balaban J connectivity index is 1.57. The molecule has 4 aromatic rings. The largest absolute Gasteiger partial charge is 0.355 e. The Bertz CT molecular complexity index is 1280. The summed E-state index contributed by atoms with van der Waals surface area (Å²) in [7, 11) is -3.47. The van der Waals surface area contributed by atoms with Gasteiger partial charge in [-0.25, -0.2) is 13.4 Å². The highest BCUT2D eigenvalue weighted by atomic mass is 32.2. The van der Waals surface area contributed by atoms with E-state index < -0.39 is 10.0 Å². The van der Waals surface area contributed by atoms with Crippen LogP contribution in [0.4, 0.5) is 11.4 Å². The summed E-state index contributed by atoms with van der Waals surface area (Å²) in [6, 6.07) is 13.0. The van der Waals surface area contributed by atoms with Crippen molar-refractivity contribution in [3.8, 4) is 0 Å². The Labute approximate surface area is 166 Å². The summed E-state index contributed by atoms with van der Waals surface area (Å²) in [5, 5.41) is 4.17. The van der Waals surface area contributed by atoms with Gasteiger partial charge < -0.3 is 5.32 Å². The van der Waals surface area contributed by atoms with Crippen LogP contribution in [0, 0.1) is 0 Å². The number of hydrogen-bond donors (Lipinski definition) is 1. The standard InChI is InChI=1S/C20H18N4O2S2/c25-28(26,24-9-1-2-10-24)15-4-5-17-16(12-15)18(7-8-21-17)23-14-3-6-20-19(11-14)22-13-27-20/h3-8,11-13H,1-2,9-10H2,(H,21,23). The molecular formula is C20H18N4O2S2. The second kappa shape index (κ2) is 6.80. The summed E-state index contributed by atoms with van der Waals surface area (Å²) in [5.41, 5.74) is 5.23. The number of nitrogens with one attached hydrogen (secondary N) is 1. The Morgan fingerprint density at radius 2 is 1.82 bits per heavy atom. The van der Waals surface area contributed by atoms with Crippen LogP contribution in [0.3, 0.4) is 0 Å². The molecule has 28 heavy (non-hydrogen) atoms. The summed E-state index contributed by atoms with van der Waals surface area (Å²) in [5.74, 6) is 0. The van der Waals surface area contributed by atoms with Crippen molar-refractivity contribution in [3.05, 3.63) is 54.2 Å². The lowest BCUT2D eigenvalue weighted by atomic mass is 10.2. The minimum atomic E-state index is -3.47. The molecule has 3 heterocycles. The van der Waals surface area contributed by atoms with Crippen LogP contribution < -0.4 is 5.32 Å². The molecule has 8 heteroatoms. The minimum absolute atomic E-state index is 0.313. The van der Waals surface area contributed by atoms with E-state index in [0.717, 1.165) is 45.3 Å². The van der Waals surface area contributed by atoms with Crippen molar-refractivity contribution in [1.82, 2.24) is 14.3 Å². The first-order valence-corrected chi connectivity index (χ1v) is 11.4. The van der Waals surface area contributed by atoms with Crippen LogP contribution >= 0.6 is 11.3 Å². The van der Waals surface area contributed by atoms with Crippen molar-refractivity contribution in [1.29, 1.82) is 0 Å². The van der Waals surface area contributed by atoms with Gasteiger partial charge >= 0.3 is 0 Å². The van der Waals surface area contributed by atoms with Crippen LogP contribution in [0.2, 0.25) is 0 Å². The first kappa shape index (κ1) is 17.5. The molecule has 142 valence electrons. The molecule has 2 aromatic carbocycles. The molecule has 1 N–H and O–H groups in total. The van der Waals surface area contributed by atoms with E-state index in [1.165, 1.54) is 0 Å². The van der Waals surface area contributed by atoms with Gasteiger partial charge in [-0.05, 0) is 55.3 Å². The van der Waals surface area contributed by atoms with E-state index in [2.05, 4.69) is 15.3 Å². The van der Waals surface area contributed by atoms with Crippen molar-refractivity contribution in [2.75, 3.05) is 18.4 Å². The number of nitrogens with zero attached hydrogens (tertiary/aromatic N) is 3. The highest BCUT2D eigenvalue weighted by molar-refractivity contribution is 7.89. The van der Waals surface area contributed by atoms with Crippen LogP contribution in [-0.2, 0) is 10.0 Å². The molecule has 0 bridgehead atoms. The SMILES string of the molecule is O=S(=O)(c1ccc2nccc(Nc3ccc4scnc4c3)c2c1)N1CCCC1. The molecule has 1 fully saturated rings. The molecule has 0 spiro atoms. The fourth-order valence-corrected chi connectivity index (χ4v) is 5.77. The van der Waals surface area contributed by atoms with E-state index in [9.17, 15) is 8.42 Å². The number of benzene rings is 2. The van der Waals surface area contributed by atoms with Gasteiger partial charge in [0.1, 0.15) is 0 Å². The van der Waals surface area contributed by atoms with Crippen molar-refractivity contribution in [2.24, 2.45) is 0 Å². The summed E-state index contributed by atoms with van der Waals surface area (Å²) < 4.78 is 28.6. The first-order chi connectivity index (χ1) is 13.6. The van der Waals surface area contributed by atoms with Gasteiger partial charge in [-0.15, -0.1) is 11.3 Å². The maximum absolute atomic E-state index is 12.9. The summed E-state index contributed by atoms with van der Waals surface area (Å²) in [6.07, 6.45) is 3.56. The molecule has 0 radical (unpaired) electrons. The molecule has 6 nitrogen and oxygen atoms in total. The van der Waals surface area contributed by atoms with Crippen molar-refractivity contribution in [3.63, 3.8) is 0 Å². The molecule has 0 aliphatic carbocycles. The van der Waals surface area contributed by atoms with Crippen LogP contribution in [-0.4, -0.2) is 35.8 Å². The quantitative estimate of drug-likeness (QED) is 0.541. The van der Waals surface area contributed by atoms with Crippen LogP contribution in [0.25, 0.3) is 21.1 Å². The number of thiazole rings is 1. The Morgan fingerprint density at radius 3 is 2.68 bits per heavy atom. The number of hydrogen-bond acceptors (Lipinski definition) is 6. The van der Waals surface area contributed by atoms with Gasteiger partial charge in [0.15, 0.2) is 0 Å². The molecule has 0 amide bonds. The Kier molecular flexibility index (Phi) is 4.26. The van der Waals surface area contributed by atoms with Gasteiger partial charge in [0.05, 0.1) is 26.1 Å². The molecule has 1 aliphatic heterocycles.